The van der Waals surface area contributed by atoms with Crippen molar-refractivity contribution < 1.29 is 15.7 Å². The van der Waals surface area contributed by atoms with Gasteiger partial charge in [0.2, 0.25) is 17.7 Å². The van der Waals surface area contributed by atoms with Crippen LogP contribution in [0, 0.1) is 23.7 Å². The van der Waals surface area contributed by atoms with Crippen LogP contribution in [-0.4, -0.2) is 66.9 Å². The third kappa shape index (κ3) is 5.54. The number of benzene rings is 1. The number of rotatable bonds is 9. The largest absolute Gasteiger partial charge is 0.419 e. The number of nitrogens with zero attached hydrogens (tertiary/aromatic N) is 3. The summed E-state index contributed by atoms with van der Waals surface area (Å²) in [4.78, 5) is 23.2. The van der Waals surface area contributed by atoms with Gasteiger partial charge in [-0.15, -0.1) is 0 Å². The Kier molecular flexibility index (Phi) is 7.66. The molecule has 3 N–H and O–H groups in total. The third-order valence-corrected chi connectivity index (χ3v) is 5.48. The maximum atomic E-state index is 12.6. The minimum atomic E-state index is -0.234. The molecule has 3 rings (SSSR count). The Hall–Kier alpha value is -3.17. The van der Waals surface area contributed by atoms with Crippen LogP contribution in [-0.2, 0) is 20.8 Å². The second-order valence-corrected chi connectivity index (χ2v) is 7.92. The van der Waals surface area contributed by atoms with E-state index in [0.717, 1.165) is 12.1 Å². The summed E-state index contributed by atoms with van der Waals surface area (Å²) < 4.78 is 10.5. The summed E-state index contributed by atoms with van der Waals surface area (Å²) >= 11 is 0. The molecule has 32 heavy (non-hydrogen) atoms. The van der Waals surface area contributed by atoms with Gasteiger partial charge in [-0.1, -0.05) is 12.1 Å². The van der Waals surface area contributed by atoms with Crippen molar-refractivity contribution in [2.75, 3.05) is 34.4 Å². The first-order valence-corrected chi connectivity index (χ1v) is 10.5. The van der Waals surface area contributed by atoms with Gasteiger partial charge in [0, 0.05) is 52.3 Å². The molecular formula is C23H32N6O3. The molecule has 1 aromatic carbocycles. The number of carbonyl (C=O) groups excluding carboxylic acids is 1. The highest BCUT2D eigenvalue weighted by atomic mass is 16.5. The van der Waals surface area contributed by atoms with Crippen molar-refractivity contribution in [1.29, 1.82) is 10.8 Å². The lowest BCUT2D eigenvalue weighted by Crippen LogP contribution is -2.31. The average Bonchev–Trinajstić information content (AvgIpc) is 3.58. The molecule has 1 amide bonds. The van der Waals surface area contributed by atoms with Crippen molar-refractivity contribution in [1.82, 2.24) is 20.2 Å². The van der Waals surface area contributed by atoms with Gasteiger partial charge in [-0.3, -0.25) is 20.6 Å². The van der Waals surface area contributed by atoms with E-state index in [1.54, 1.807) is 44.3 Å². The molecule has 1 heterocycles. The molecular weight excluding hydrogens is 408 g/mol. The van der Waals surface area contributed by atoms with Gasteiger partial charge < -0.3 is 19.7 Å². The van der Waals surface area contributed by atoms with E-state index in [4.69, 9.17) is 20.3 Å². The zero-order valence-electron chi connectivity index (χ0n) is 18.9. The predicted octanol–water partition coefficient (Wildman–Crippen LogP) is 2.33. The van der Waals surface area contributed by atoms with E-state index in [2.05, 4.69) is 15.3 Å². The van der Waals surface area contributed by atoms with Gasteiger partial charge in [0.05, 0.1) is 18.0 Å². The highest BCUT2D eigenvalue weighted by molar-refractivity contribution is 6.04. The second-order valence-electron chi connectivity index (χ2n) is 7.92. The summed E-state index contributed by atoms with van der Waals surface area (Å²) in [7, 11) is 5.25. The summed E-state index contributed by atoms with van der Waals surface area (Å²) in [6.45, 7) is 3.51. The van der Waals surface area contributed by atoms with Gasteiger partial charge in [0.25, 0.3) is 0 Å². The summed E-state index contributed by atoms with van der Waals surface area (Å²) in [6, 6.07) is 7.40. The number of aromatic nitrogens is 2. The molecule has 1 aromatic heterocycles. The molecule has 1 aliphatic rings. The maximum absolute atomic E-state index is 12.6. The van der Waals surface area contributed by atoms with Crippen LogP contribution in [0.25, 0.3) is 0 Å². The molecule has 1 saturated carbocycles. The van der Waals surface area contributed by atoms with Gasteiger partial charge in [-0.2, -0.15) is 0 Å². The Morgan fingerprint density at radius 2 is 2.00 bits per heavy atom. The first-order valence-electron chi connectivity index (χ1n) is 10.5. The molecule has 0 spiro atoms. The Bertz CT molecular complexity index is 998. The number of likely N-dealkylation sites (N-methyl/N-ethyl adjacent to an activating group) is 1. The summed E-state index contributed by atoms with van der Waals surface area (Å²) in [5.74, 6) is -0.456. The van der Waals surface area contributed by atoms with Gasteiger partial charge in [0.1, 0.15) is 5.69 Å². The van der Waals surface area contributed by atoms with Crippen LogP contribution in [0.1, 0.15) is 42.0 Å². The predicted molar refractivity (Wildman–Crippen MR) is 123 cm³/mol. The number of carbonyl (C=O) groups is 1. The molecule has 1 fully saturated rings. The van der Waals surface area contributed by atoms with Crippen LogP contribution in [0.4, 0.5) is 0 Å². The minimum absolute atomic E-state index is 0. The molecule has 0 saturated heterocycles. The molecule has 2 aromatic rings. The number of methoxy groups -OCH3 is 1. The normalized spacial score (nSPS) is 17.0. The molecule has 9 heteroatoms. The second kappa shape index (κ2) is 10.4. The van der Waals surface area contributed by atoms with Crippen LogP contribution < -0.4 is 5.32 Å². The molecule has 2 unspecified atom stereocenters. The Balaban J connectivity index is 0.00000385. The molecule has 2 atom stereocenters. The quantitative estimate of drug-likeness (QED) is 0.406. The minimum Gasteiger partial charge on any atom is -0.419 e. The monoisotopic (exact) mass is 440 g/mol. The number of aryl methyl sites for hydroxylation is 1. The van der Waals surface area contributed by atoms with Crippen LogP contribution in [0.2, 0.25) is 0 Å². The maximum Gasteiger partial charge on any atom is 0.241 e. The number of ether oxygens (including phenoxy) is 2. The van der Waals surface area contributed by atoms with Crippen LogP contribution in [0.15, 0.2) is 30.5 Å². The van der Waals surface area contributed by atoms with Crippen LogP contribution in [0.5, 0.6) is 0 Å². The topological polar surface area (TPSA) is 124 Å². The summed E-state index contributed by atoms with van der Waals surface area (Å²) in [5, 5.41) is 19.6. The van der Waals surface area contributed by atoms with Gasteiger partial charge in [0.15, 0.2) is 0 Å². The van der Waals surface area contributed by atoms with E-state index in [1.165, 1.54) is 0 Å². The fourth-order valence-electron chi connectivity index (χ4n) is 3.46. The number of hydrogen-bond acceptors (Lipinski definition) is 8. The summed E-state index contributed by atoms with van der Waals surface area (Å²) in [6.07, 6.45) is 2.36. The van der Waals surface area contributed by atoms with E-state index in [-0.39, 0.29) is 36.7 Å². The van der Waals surface area contributed by atoms with Gasteiger partial charge >= 0.3 is 0 Å². The number of nitrogens with one attached hydrogen (secondary N) is 3. The molecule has 0 aliphatic heterocycles. The Morgan fingerprint density at radius 3 is 2.66 bits per heavy atom. The zero-order valence-corrected chi connectivity index (χ0v) is 18.9. The lowest BCUT2D eigenvalue weighted by atomic mass is 10.1. The molecule has 0 bridgehead atoms. The molecule has 9 nitrogen and oxygen atoms in total. The van der Waals surface area contributed by atoms with E-state index in [9.17, 15) is 4.79 Å². The molecule has 0 radical (unpaired) electrons. The highest BCUT2D eigenvalue weighted by Gasteiger charge is 2.46. The van der Waals surface area contributed by atoms with Crippen molar-refractivity contribution in [3.05, 3.63) is 58.7 Å². The lowest BCUT2D eigenvalue weighted by molar-refractivity contribution is -0.131. The van der Waals surface area contributed by atoms with E-state index in [1.807, 2.05) is 19.2 Å². The number of hydrogen-bond donors (Lipinski definition) is 3. The third-order valence-electron chi connectivity index (χ3n) is 5.48. The van der Waals surface area contributed by atoms with Crippen molar-refractivity contribution in [2.24, 2.45) is 5.92 Å². The van der Waals surface area contributed by atoms with Crippen molar-refractivity contribution in [2.45, 2.75) is 25.8 Å². The van der Waals surface area contributed by atoms with Crippen LogP contribution >= 0.6 is 0 Å². The van der Waals surface area contributed by atoms with Crippen molar-refractivity contribution in [3.63, 3.8) is 0 Å². The fraction of sp³-hybridized carbons (Fsp3) is 0.435. The molecule has 1 aliphatic carbocycles. The SMILES string of the molecule is CNCc1ccc(C(=N)OC(=N)c2nc(C3CC3C(=O)N(C)CCOC)cnc2C)cc1.[HH]. The van der Waals surface area contributed by atoms with Crippen molar-refractivity contribution >= 4 is 17.7 Å². The Morgan fingerprint density at radius 1 is 1.28 bits per heavy atom. The van der Waals surface area contributed by atoms with E-state index >= 15 is 0 Å². The zero-order chi connectivity index (χ0) is 23.3. The van der Waals surface area contributed by atoms with E-state index in [0.29, 0.717) is 36.5 Å². The Labute approximate surface area is 189 Å². The van der Waals surface area contributed by atoms with Crippen LogP contribution in [0.3, 0.4) is 0 Å². The average molecular weight is 441 g/mol. The number of amides is 1. The first kappa shape index (κ1) is 23.5. The first-order chi connectivity index (χ1) is 15.3. The van der Waals surface area contributed by atoms with Gasteiger partial charge in [-0.05, 0) is 38.1 Å². The summed E-state index contributed by atoms with van der Waals surface area (Å²) in [5.41, 5.74) is 3.15. The van der Waals surface area contributed by atoms with Gasteiger partial charge in [-0.25, -0.2) is 4.98 Å². The smallest absolute Gasteiger partial charge is 0.241 e. The lowest BCUT2D eigenvalue weighted by Gasteiger charge is -2.16. The fourth-order valence-corrected chi connectivity index (χ4v) is 3.46. The standard InChI is InChI=1S/C23H30N6O3.H2/c1-14-20(22(25)32-21(24)16-7-5-15(6-8-16)12-26-2)28-19(13-27-14)17-11-18(17)23(30)29(3)9-10-31-4;/h5-8,13,17-18,24-26H,9-12H2,1-4H3;1H. The highest BCUT2D eigenvalue weighted by Crippen LogP contribution is 2.47. The molecule has 172 valence electrons. The van der Waals surface area contributed by atoms with Crippen molar-refractivity contribution in [3.8, 4) is 0 Å². The van der Waals surface area contributed by atoms with E-state index < -0.39 is 0 Å².